The number of nitrogens with zero attached hydrogens (tertiary/aromatic N) is 2. The third-order valence-corrected chi connectivity index (χ3v) is 8.80. The number of amides is 1. The largest absolute Gasteiger partial charge is 0.376 e. The molecule has 1 spiro atoms. The molecule has 6 aliphatic heterocycles. The highest BCUT2D eigenvalue weighted by atomic mass is 16.6. The van der Waals surface area contributed by atoms with E-state index < -0.39 is 11.3 Å². The number of carbonyl (C=O) groups excluding carboxylic acids is 1. The molecule has 8 rings (SSSR count). The molecule has 6 heterocycles. The minimum atomic E-state index is -0.536. The summed E-state index contributed by atoms with van der Waals surface area (Å²) in [5.41, 5.74) is 3.33. The van der Waals surface area contributed by atoms with Gasteiger partial charge in [-0.3, -0.25) is 10.1 Å². The van der Waals surface area contributed by atoms with Gasteiger partial charge < -0.3 is 24.6 Å². The van der Waals surface area contributed by atoms with E-state index in [2.05, 4.69) is 70.1 Å². The summed E-state index contributed by atoms with van der Waals surface area (Å²) < 4.78 is 12.7. The van der Waals surface area contributed by atoms with Crippen LogP contribution in [0.5, 0.6) is 0 Å². The van der Waals surface area contributed by atoms with E-state index in [9.17, 15) is 4.79 Å². The summed E-state index contributed by atoms with van der Waals surface area (Å²) in [6, 6.07) is 19.2. The van der Waals surface area contributed by atoms with E-state index in [0.717, 1.165) is 37.4 Å². The van der Waals surface area contributed by atoms with E-state index in [-0.39, 0.29) is 30.2 Å². The predicted octanol–water partition coefficient (Wildman–Crippen LogP) is 2.16. The van der Waals surface area contributed by atoms with E-state index in [4.69, 9.17) is 9.47 Å². The summed E-state index contributed by atoms with van der Waals surface area (Å²) in [4.78, 5) is 18.1. The number of ether oxygens (including phenoxy) is 2. The molecule has 2 N–H and O–H groups in total. The summed E-state index contributed by atoms with van der Waals surface area (Å²) in [7, 11) is 0. The summed E-state index contributed by atoms with van der Waals surface area (Å²) >= 11 is 0. The van der Waals surface area contributed by atoms with Gasteiger partial charge in [-0.05, 0) is 30.5 Å². The first kappa shape index (κ1) is 19.4. The van der Waals surface area contributed by atoms with Gasteiger partial charge in [0.15, 0.2) is 11.3 Å². The van der Waals surface area contributed by atoms with Crippen LogP contribution in [0.25, 0.3) is 0 Å². The predicted molar refractivity (Wildman–Crippen MR) is 126 cm³/mol. The first-order valence-corrected chi connectivity index (χ1v) is 12.5. The van der Waals surface area contributed by atoms with Gasteiger partial charge in [0.05, 0.1) is 18.2 Å². The highest BCUT2D eigenvalue weighted by Crippen LogP contribution is 2.69. The quantitative estimate of drug-likeness (QED) is 0.719. The summed E-state index contributed by atoms with van der Waals surface area (Å²) in [5, 5.41) is 7.73. The standard InChI is InChI=1S/C27H28N4O3/c32-25-21-13-23-27(28-14-17-7-2-1-3-8-17)26(34-23)19-10-4-5-11-20(19)29-24(26)22(31(21)27)16-30(25)15-18-9-6-12-33-18/h1-5,7-8,10-11,13,18,22-24,28-29H,6,9,12,14-16H2/t18?,22?,23?,24-,26?,27?/m1/s1. The molecule has 0 bridgehead atoms. The molecule has 0 saturated carbocycles. The van der Waals surface area contributed by atoms with Crippen molar-refractivity contribution in [1.82, 2.24) is 15.1 Å². The Hall–Kier alpha value is -2.87. The number of hydrogen-bond acceptors (Lipinski definition) is 6. The molecule has 0 radical (unpaired) electrons. The molecule has 34 heavy (non-hydrogen) atoms. The second-order valence-electron chi connectivity index (χ2n) is 10.4. The Balaban J connectivity index is 1.22. The van der Waals surface area contributed by atoms with Crippen LogP contribution < -0.4 is 10.6 Å². The summed E-state index contributed by atoms with van der Waals surface area (Å²) in [6.45, 7) is 2.86. The maximum atomic E-state index is 13.7. The van der Waals surface area contributed by atoms with Crippen molar-refractivity contribution in [3.05, 3.63) is 77.5 Å². The van der Waals surface area contributed by atoms with E-state index in [0.29, 0.717) is 13.1 Å². The normalized spacial score (nSPS) is 38.2. The van der Waals surface area contributed by atoms with E-state index >= 15 is 0 Å². The average molecular weight is 457 g/mol. The summed E-state index contributed by atoms with van der Waals surface area (Å²) in [6.07, 6.45) is 4.15. The van der Waals surface area contributed by atoms with Crippen LogP contribution in [0.2, 0.25) is 0 Å². The highest BCUT2D eigenvalue weighted by Gasteiger charge is 2.85. The van der Waals surface area contributed by atoms with Crippen molar-refractivity contribution in [1.29, 1.82) is 0 Å². The Bertz CT molecular complexity index is 1210. The average Bonchev–Trinajstić information content (AvgIpc) is 3.57. The molecule has 0 aliphatic carbocycles. The van der Waals surface area contributed by atoms with Gasteiger partial charge in [0, 0.05) is 37.5 Å². The molecule has 2 aromatic carbocycles. The lowest BCUT2D eigenvalue weighted by molar-refractivity contribution is -0.284. The van der Waals surface area contributed by atoms with Gasteiger partial charge in [-0.2, -0.15) is 0 Å². The maximum absolute atomic E-state index is 13.7. The summed E-state index contributed by atoms with van der Waals surface area (Å²) in [5.74, 6) is 0.106. The van der Waals surface area contributed by atoms with Crippen molar-refractivity contribution in [2.45, 2.75) is 54.9 Å². The number of piperazine rings is 1. The Morgan fingerprint density at radius 2 is 1.97 bits per heavy atom. The minimum absolute atomic E-state index is 0.0632. The zero-order valence-corrected chi connectivity index (χ0v) is 18.9. The second-order valence-corrected chi connectivity index (χ2v) is 10.4. The van der Waals surface area contributed by atoms with Crippen LogP contribution in [0.1, 0.15) is 24.0 Å². The SMILES string of the molecule is O=C1C2=CC3OC45c6ccccc6N[C@@H]4C(CN1CC1CCCO1)N2C35NCc1ccccc1. The van der Waals surface area contributed by atoms with Crippen molar-refractivity contribution in [2.75, 3.05) is 25.0 Å². The van der Waals surface area contributed by atoms with Gasteiger partial charge in [0.2, 0.25) is 0 Å². The van der Waals surface area contributed by atoms with Crippen LogP contribution >= 0.6 is 0 Å². The van der Waals surface area contributed by atoms with Gasteiger partial charge in [0.25, 0.3) is 5.91 Å². The molecule has 5 unspecified atom stereocenters. The third kappa shape index (κ3) is 2.17. The fraction of sp³-hybridized carbons (Fsp3) is 0.444. The van der Waals surface area contributed by atoms with Gasteiger partial charge in [-0.25, -0.2) is 0 Å². The minimum Gasteiger partial charge on any atom is -0.376 e. The lowest BCUT2D eigenvalue weighted by atomic mass is 9.72. The third-order valence-electron chi connectivity index (χ3n) is 8.80. The second kappa shape index (κ2) is 6.62. The molecule has 1 amide bonds. The molecule has 6 atom stereocenters. The molecule has 0 aromatic heterocycles. The monoisotopic (exact) mass is 456 g/mol. The Morgan fingerprint density at radius 1 is 1.12 bits per heavy atom. The number of hydrogen-bond donors (Lipinski definition) is 2. The number of nitrogens with one attached hydrogen (secondary N) is 2. The molecular formula is C27H28N4O3. The van der Waals surface area contributed by atoms with Gasteiger partial charge in [0.1, 0.15) is 11.8 Å². The molecule has 4 saturated heterocycles. The van der Waals surface area contributed by atoms with Crippen molar-refractivity contribution in [3.8, 4) is 0 Å². The van der Waals surface area contributed by atoms with Crippen LogP contribution in [-0.4, -0.2) is 65.4 Å². The van der Waals surface area contributed by atoms with Crippen LogP contribution in [0.3, 0.4) is 0 Å². The zero-order chi connectivity index (χ0) is 22.5. The fourth-order valence-corrected chi connectivity index (χ4v) is 7.49. The molecular weight excluding hydrogens is 428 g/mol. The van der Waals surface area contributed by atoms with Gasteiger partial charge in [-0.1, -0.05) is 48.5 Å². The van der Waals surface area contributed by atoms with Crippen molar-refractivity contribution >= 4 is 11.6 Å². The first-order chi connectivity index (χ1) is 16.7. The first-order valence-electron chi connectivity index (χ1n) is 12.5. The maximum Gasteiger partial charge on any atom is 0.270 e. The number of benzene rings is 2. The highest BCUT2D eigenvalue weighted by molar-refractivity contribution is 5.96. The fourth-order valence-electron chi connectivity index (χ4n) is 7.49. The smallest absolute Gasteiger partial charge is 0.270 e. The molecule has 2 aromatic rings. The molecule has 6 aliphatic rings. The van der Waals surface area contributed by atoms with Crippen LogP contribution in [-0.2, 0) is 26.4 Å². The Kier molecular flexibility index (Phi) is 3.79. The molecule has 7 nitrogen and oxygen atoms in total. The van der Waals surface area contributed by atoms with E-state index in [1.807, 2.05) is 11.0 Å². The lowest BCUT2D eigenvalue weighted by Crippen LogP contribution is -2.79. The van der Waals surface area contributed by atoms with Crippen LogP contribution in [0, 0.1) is 0 Å². The van der Waals surface area contributed by atoms with E-state index in [1.165, 1.54) is 11.1 Å². The topological polar surface area (TPSA) is 66.1 Å². The van der Waals surface area contributed by atoms with Gasteiger partial charge in [-0.15, -0.1) is 0 Å². The zero-order valence-electron chi connectivity index (χ0n) is 18.9. The lowest BCUT2D eigenvalue weighted by Gasteiger charge is -2.59. The Labute approximate surface area is 198 Å². The van der Waals surface area contributed by atoms with Crippen molar-refractivity contribution in [2.24, 2.45) is 0 Å². The van der Waals surface area contributed by atoms with Gasteiger partial charge >= 0.3 is 0 Å². The van der Waals surface area contributed by atoms with Crippen molar-refractivity contribution < 1.29 is 14.3 Å². The van der Waals surface area contributed by atoms with Crippen LogP contribution in [0.4, 0.5) is 5.69 Å². The molecule has 7 heteroatoms. The number of anilines is 1. The Morgan fingerprint density at radius 3 is 2.82 bits per heavy atom. The number of fused-ring (bicyclic) bond motifs is 2. The van der Waals surface area contributed by atoms with E-state index in [1.54, 1.807) is 0 Å². The number of carbonyl (C=O) groups is 1. The number of rotatable bonds is 5. The number of para-hydroxylation sites is 1. The molecule has 174 valence electrons. The van der Waals surface area contributed by atoms with Crippen LogP contribution in [0.15, 0.2) is 66.4 Å². The molecule has 4 fully saturated rings. The van der Waals surface area contributed by atoms with Crippen molar-refractivity contribution in [3.63, 3.8) is 0 Å².